The number of nitrogens with two attached hydrogens (primary N) is 1. The molecule has 3 aromatic rings. The molecule has 0 bridgehead atoms. The zero-order valence-corrected chi connectivity index (χ0v) is 17.2. The van der Waals surface area contributed by atoms with Crippen LogP contribution in [0.3, 0.4) is 0 Å². The van der Waals surface area contributed by atoms with E-state index in [4.69, 9.17) is 23.9 Å². The molecule has 0 saturated carbocycles. The van der Waals surface area contributed by atoms with E-state index in [1.807, 2.05) is 28.5 Å². The first-order chi connectivity index (χ1) is 14.0. The predicted octanol–water partition coefficient (Wildman–Crippen LogP) is 4.44. The molecule has 0 radical (unpaired) electrons. The Morgan fingerprint density at radius 1 is 1.20 bits per heavy atom. The van der Waals surface area contributed by atoms with Crippen molar-refractivity contribution < 1.29 is 4.39 Å². The van der Waals surface area contributed by atoms with Crippen molar-refractivity contribution in [1.29, 1.82) is 0 Å². The van der Waals surface area contributed by atoms with Gasteiger partial charge in [-0.2, -0.15) is 0 Å². The maximum absolute atomic E-state index is 13.9. The van der Waals surface area contributed by atoms with Crippen LogP contribution in [0.25, 0.3) is 20.7 Å². The standard InChI is InChI=1S/C21H20FN7.ClH/c1-13(18-6-4-15(25-3)11-26-18)29-20-7-5-14(24-2)10-19(20)27-21(29)28-9-8-16(22)17(23)12-28;/h4-7,10-11,13,16-17H,8-9,12,23H2,1H3;1H/t13-,16+,17+;/m0./s1. The molecular formula is C21H21ClFN7. The maximum atomic E-state index is 13.9. The van der Waals surface area contributed by atoms with Gasteiger partial charge in [0.1, 0.15) is 6.17 Å². The normalized spacial score (nSPS) is 19.6. The molecule has 154 valence electrons. The van der Waals surface area contributed by atoms with Gasteiger partial charge in [-0.15, -0.1) is 12.4 Å². The Morgan fingerprint density at radius 3 is 2.57 bits per heavy atom. The van der Waals surface area contributed by atoms with Crippen molar-refractivity contribution in [3.8, 4) is 0 Å². The fourth-order valence-electron chi connectivity index (χ4n) is 3.73. The number of pyridine rings is 1. The largest absolute Gasteiger partial charge is 0.340 e. The number of rotatable bonds is 3. The van der Waals surface area contributed by atoms with Crippen LogP contribution in [0.15, 0.2) is 36.5 Å². The number of fused-ring (bicyclic) bond motifs is 1. The van der Waals surface area contributed by atoms with Crippen molar-refractivity contribution in [3.05, 3.63) is 65.1 Å². The molecule has 1 fully saturated rings. The van der Waals surface area contributed by atoms with Gasteiger partial charge in [-0.3, -0.25) is 4.98 Å². The van der Waals surface area contributed by atoms with Gasteiger partial charge in [-0.05, 0) is 31.5 Å². The van der Waals surface area contributed by atoms with Gasteiger partial charge in [0, 0.05) is 19.3 Å². The van der Waals surface area contributed by atoms with Gasteiger partial charge in [-0.25, -0.2) is 19.1 Å². The van der Waals surface area contributed by atoms with Crippen molar-refractivity contribution in [2.75, 3.05) is 18.0 Å². The molecule has 0 amide bonds. The summed E-state index contributed by atoms with van der Waals surface area (Å²) in [5, 5.41) is 0. The quantitative estimate of drug-likeness (QED) is 0.630. The van der Waals surface area contributed by atoms with E-state index < -0.39 is 12.2 Å². The zero-order chi connectivity index (χ0) is 20.5. The van der Waals surface area contributed by atoms with Crippen LogP contribution in [0.2, 0.25) is 0 Å². The number of piperidine rings is 1. The molecule has 3 heterocycles. The van der Waals surface area contributed by atoms with Crippen LogP contribution in [-0.4, -0.2) is 39.8 Å². The molecule has 1 aliphatic heterocycles. The molecule has 7 nitrogen and oxygen atoms in total. The number of nitrogens with zero attached hydrogens (tertiary/aromatic N) is 6. The van der Waals surface area contributed by atoms with E-state index >= 15 is 0 Å². The van der Waals surface area contributed by atoms with E-state index in [0.29, 0.717) is 42.4 Å². The number of halogens is 2. The third-order valence-electron chi connectivity index (χ3n) is 5.35. The average molecular weight is 426 g/mol. The first kappa shape index (κ1) is 21.5. The van der Waals surface area contributed by atoms with Gasteiger partial charge in [0.15, 0.2) is 5.69 Å². The van der Waals surface area contributed by atoms with Gasteiger partial charge in [0.2, 0.25) is 11.6 Å². The Balaban J connectivity index is 0.00000256. The van der Waals surface area contributed by atoms with Crippen LogP contribution in [0.5, 0.6) is 0 Å². The average Bonchev–Trinajstić information content (AvgIpc) is 3.13. The smallest absolute Gasteiger partial charge is 0.207 e. The molecule has 2 N–H and O–H groups in total. The van der Waals surface area contributed by atoms with Gasteiger partial charge in [-0.1, -0.05) is 12.1 Å². The Bertz CT molecular complexity index is 1130. The number of anilines is 1. The van der Waals surface area contributed by atoms with E-state index in [9.17, 15) is 4.39 Å². The second-order valence-corrected chi connectivity index (χ2v) is 7.21. The molecule has 30 heavy (non-hydrogen) atoms. The van der Waals surface area contributed by atoms with Gasteiger partial charge in [0.05, 0.1) is 42.0 Å². The van der Waals surface area contributed by atoms with Crippen molar-refractivity contribution >= 4 is 40.8 Å². The molecule has 4 rings (SSSR count). The van der Waals surface area contributed by atoms with Crippen molar-refractivity contribution in [2.45, 2.75) is 31.6 Å². The first-order valence-electron chi connectivity index (χ1n) is 9.39. The summed E-state index contributed by atoms with van der Waals surface area (Å²) in [4.78, 5) is 18.1. The summed E-state index contributed by atoms with van der Waals surface area (Å²) in [6.07, 6.45) is 0.890. The van der Waals surface area contributed by atoms with Crippen LogP contribution in [-0.2, 0) is 0 Å². The second kappa shape index (κ2) is 8.66. The zero-order valence-electron chi connectivity index (χ0n) is 16.4. The van der Waals surface area contributed by atoms with Crippen molar-refractivity contribution in [1.82, 2.24) is 14.5 Å². The van der Waals surface area contributed by atoms with Crippen LogP contribution in [0, 0.1) is 13.1 Å². The number of benzene rings is 1. The number of alkyl halides is 1. The Kier molecular flexibility index (Phi) is 6.21. The monoisotopic (exact) mass is 425 g/mol. The molecular weight excluding hydrogens is 405 g/mol. The minimum absolute atomic E-state index is 0. The summed E-state index contributed by atoms with van der Waals surface area (Å²) in [5.74, 6) is 0.688. The number of imidazole rings is 1. The lowest BCUT2D eigenvalue weighted by Gasteiger charge is -2.34. The summed E-state index contributed by atoms with van der Waals surface area (Å²) in [5.41, 5.74) is 9.34. The first-order valence-corrected chi connectivity index (χ1v) is 9.39. The summed E-state index contributed by atoms with van der Waals surface area (Å²) in [6, 6.07) is 8.23. The molecule has 1 aromatic carbocycles. The molecule has 0 aliphatic carbocycles. The van der Waals surface area contributed by atoms with E-state index in [-0.39, 0.29) is 18.4 Å². The molecule has 3 atom stereocenters. The highest BCUT2D eigenvalue weighted by atomic mass is 35.5. The lowest BCUT2D eigenvalue weighted by Crippen LogP contribution is -2.50. The molecule has 0 unspecified atom stereocenters. The third kappa shape index (κ3) is 3.80. The van der Waals surface area contributed by atoms with E-state index in [1.54, 1.807) is 24.4 Å². The molecule has 9 heteroatoms. The number of hydrogen-bond donors (Lipinski definition) is 1. The minimum Gasteiger partial charge on any atom is -0.340 e. The van der Waals surface area contributed by atoms with Crippen LogP contribution < -0.4 is 10.6 Å². The summed E-state index contributed by atoms with van der Waals surface area (Å²) in [7, 11) is 0. The van der Waals surface area contributed by atoms with Crippen LogP contribution >= 0.6 is 12.4 Å². The minimum atomic E-state index is -1.02. The topological polar surface area (TPSA) is 68.7 Å². The highest BCUT2D eigenvalue weighted by Crippen LogP contribution is 2.33. The van der Waals surface area contributed by atoms with Crippen molar-refractivity contribution in [2.24, 2.45) is 5.73 Å². The van der Waals surface area contributed by atoms with Crippen LogP contribution in [0.4, 0.5) is 21.7 Å². The summed E-state index contributed by atoms with van der Waals surface area (Å²) in [6.45, 7) is 17.3. The summed E-state index contributed by atoms with van der Waals surface area (Å²) >= 11 is 0. The fourth-order valence-corrected chi connectivity index (χ4v) is 3.73. The van der Waals surface area contributed by atoms with Crippen LogP contribution in [0.1, 0.15) is 25.1 Å². The lowest BCUT2D eigenvalue weighted by atomic mass is 10.1. The maximum Gasteiger partial charge on any atom is 0.207 e. The van der Waals surface area contributed by atoms with E-state index in [2.05, 4.69) is 14.7 Å². The van der Waals surface area contributed by atoms with E-state index in [0.717, 1.165) is 11.2 Å². The number of aromatic nitrogens is 3. The summed E-state index contributed by atoms with van der Waals surface area (Å²) < 4.78 is 16.0. The van der Waals surface area contributed by atoms with Crippen molar-refractivity contribution in [3.63, 3.8) is 0 Å². The third-order valence-corrected chi connectivity index (χ3v) is 5.35. The molecule has 1 aliphatic rings. The Hall–Kier alpha value is -3.20. The SMILES string of the molecule is Cl.[C-]#[N+]c1ccc([C@H](C)n2c(N3CC[C@@H](F)[C@H](N)C3)nc3cc([N+]#[C-])ccc32)nc1. The lowest BCUT2D eigenvalue weighted by molar-refractivity contribution is 0.243. The predicted molar refractivity (Wildman–Crippen MR) is 117 cm³/mol. The molecule has 1 saturated heterocycles. The molecule has 0 spiro atoms. The highest BCUT2D eigenvalue weighted by Gasteiger charge is 2.30. The van der Waals surface area contributed by atoms with Gasteiger partial charge < -0.3 is 15.2 Å². The molecule has 2 aromatic heterocycles. The number of hydrogen-bond acceptors (Lipinski definition) is 4. The second-order valence-electron chi connectivity index (χ2n) is 7.21. The van der Waals surface area contributed by atoms with Gasteiger partial charge in [0.25, 0.3) is 0 Å². The Labute approximate surface area is 180 Å². The Morgan fingerprint density at radius 2 is 1.93 bits per heavy atom. The van der Waals surface area contributed by atoms with E-state index in [1.165, 1.54) is 0 Å². The van der Waals surface area contributed by atoms with Gasteiger partial charge >= 0.3 is 0 Å². The fraction of sp³-hybridized carbons (Fsp3) is 0.333. The highest BCUT2D eigenvalue weighted by molar-refractivity contribution is 5.85.